The molecule has 7 atom stereocenters. The second-order valence-corrected chi connectivity index (χ2v) is 14.3. The highest BCUT2D eigenvalue weighted by Gasteiger charge is 2.60. The van der Waals surface area contributed by atoms with E-state index in [4.69, 9.17) is 9.47 Å². The molecule has 0 aromatic heterocycles. The minimum atomic E-state index is -0.947. The molecule has 2 N–H and O–H groups in total. The van der Waals surface area contributed by atoms with Gasteiger partial charge in [0.05, 0.1) is 27.9 Å². The van der Waals surface area contributed by atoms with Gasteiger partial charge in [0.25, 0.3) is 11.4 Å². The number of nitro benzene ring substituents is 2. The normalized spacial score (nSPS) is 26.3. The number of rotatable bonds is 11. The van der Waals surface area contributed by atoms with Gasteiger partial charge >= 0.3 is 12.1 Å². The van der Waals surface area contributed by atoms with E-state index in [1.165, 1.54) is 72.1 Å². The third kappa shape index (κ3) is 6.74. The summed E-state index contributed by atoms with van der Waals surface area (Å²) in [6, 6.07) is 10.4. The fraction of sp³-hybridized carbons (Fsp3) is 0.455. The van der Waals surface area contributed by atoms with Crippen LogP contribution >= 0.6 is 11.8 Å². The number of benzene rings is 2. The lowest BCUT2D eigenvalue weighted by molar-refractivity contribution is -0.385. The van der Waals surface area contributed by atoms with E-state index in [1.54, 1.807) is 4.90 Å². The van der Waals surface area contributed by atoms with Crippen molar-refractivity contribution in [3.63, 3.8) is 0 Å². The van der Waals surface area contributed by atoms with Crippen molar-refractivity contribution >= 4 is 47.0 Å². The number of thioether (sulfide) groups is 1. The summed E-state index contributed by atoms with van der Waals surface area (Å²) in [5.74, 6) is -2.50. The average Bonchev–Trinajstić information content (AvgIpc) is 3.77. The smallest absolute Gasteiger partial charge is 0.410 e. The zero-order valence-corrected chi connectivity index (χ0v) is 27.9. The van der Waals surface area contributed by atoms with E-state index < -0.39 is 45.9 Å². The van der Waals surface area contributed by atoms with Gasteiger partial charge in [-0.05, 0) is 48.7 Å². The Kier molecular flexibility index (Phi) is 9.80. The van der Waals surface area contributed by atoms with Crippen molar-refractivity contribution in [2.24, 2.45) is 17.8 Å². The quantitative estimate of drug-likeness (QED) is 0.149. The van der Waals surface area contributed by atoms with Gasteiger partial charge in [-0.1, -0.05) is 6.92 Å². The van der Waals surface area contributed by atoms with Crippen LogP contribution in [0.5, 0.6) is 0 Å². The van der Waals surface area contributed by atoms with E-state index in [0.29, 0.717) is 29.0 Å². The summed E-state index contributed by atoms with van der Waals surface area (Å²) in [6.45, 7) is 3.70. The number of aliphatic hydroxyl groups is 1. The first kappa shape index (κ1) is 34.8. The molecule has 2 aromatic carbocycles. The van der Waals surface area contributed by atoms with Crippen LogP contribution in [-0.2, 0) is 37.1 Å². The molecule has 4 aliphatic rings. The molecule has 17 heteroatoms. The minimum Gasteiger partial charge on any atom is -0.456 e. The summed E-state index contributed by atoms with van der Waals surface area (Å²) in [4.78, 5) is 77.1. The van der Waals surface area contributed by atoms with Gasteiger partial charge in [0.2, 0.25) is 11.8 Å². The first-order valence-corrected chi connectivity index (χ1v) is 17.0. The Morgan fingerprint density at radius 3 is 2.10 bits per heavy atom. The summed E-state index contributed by atoms with van der Waals surface area (Å²) in [6.07, 6.45) is -0.859. The van der Waals surface area contributed by atoms with Crippen LogP contribution < -0.4 is 5.32 Å². The van der Waals surface area contributed by atoms with Crippen LogP contribution in [0.25, 0.3) is 0 Å². The second-order valence-electron chi connectivity index (χ2n) is 12.9. The average molecular weight is 710 g/mol. The second kappa shape index (κ2) is 14.1. The summed E-state index contributed by atoms with van der Waals surface area (Å²) < 4.78 is 11.2. The number of nitrogens with zero attached hydrogens (tertiary/aromatic N) is 4. The standard InChI is InChI=1S/C33H35N5O11S/c1-17-28-27(18(2)39)31(41)36(28)29(32(42)48-15-19-3-7-22(8-4-19)37(44)45)30(17)50-24-12-25(21-11-26(40)34-13-21)35(14-24)33(43)49-16-20-5-9-23(10-6-20)38(46)47/h3-10,17-18,21,24-25,27-28,39H,11-16H2,1-2H3,(H,34,40)/t17-,18-,21?,24+,25+,27-,28-/m1/s1. The lowest BCUT2D eigenvalue weighted by Crippen LogP contribution is -2.63. The van der Waals surface area contributed by atoms with Gasteiger partial charge in [0.15, 0.2) is 0 Å². The fourth-order valence-electron chi connectivity index (χ4n) is 7.19. The van der Waals surface area contributed by atoms with Crippen molar-refractivity contribution in [2.45, 2.75) is 63.3 Å². The summed E-state index contributed by atoms with van der Waals surface area (Å²) in [5, 5.41) is 35.0. The third-order valence-corrected chi connectivity index (χ3v) is 11.2. The van der Waals surface area contributed by atoms with Crippen molar-refractivity contribution in [3.8, 4) is 0 Å². The maximum atomic E-state index is 13.7. The summed E-state index contributed by atoms with van der Waals surface area (Å²) in [5.41, 5.74) is 0.951. The molecule has 0 bridgehead atoms. The molecule has 0 spiro atoms. The molecule has 4 aliphatic heterocycles. The van der Waals surface area contributed by atoms with Gasteiger partial charge in [-0.2, -0.15) is 0 Å². The molecule has 16 nitrogen and oxygen atoms in total. The third-order valence-electron chi connectivity index (χ3n) is 9.71. The van der Waals surface area contributed by atoms with Crippen molar-refractivity contribution < 1.29 is 43.6 Å². The Bertz CT molecular complexity index is 1750. The van der Waals surface area contributed by atoms with E-state index >= 15 is 0 Å². The number of carbonyl (C=O) groups excluding carboxylic acids is 4. The largest absolute Gasteiger partial charge is 0.456 e. The molecule has 3 saturated heterocycles. The minimum absolute atomic E-state index is 0.0739. The molecule has 2 aromatic rings. The first-order chi connectivity index (χ1) is 23.8. The summed E-state index contributed by atoms with van der Waals surface area (Å²) in [7, 11) is 0. The van der Waals surface area contributed by atoms with E-state index in [1.807, 2.05) is 6.92 Å². The lowest BCUT2D eigenvalue weighted by Gasteiger charge is -2.46. The number of hydrogen-bond donors (Lipinski definition) is 2. The van der Waals surface area contributed by atoms with Crippen molar-refractivity contribution in [1.82, 2.24) is 15.1 Å². The van der Waals surface area contributed by atoms with Crippen LogP contribution in [0.1, 0.15) is 37.8 Å². The van der Waals surface area contributed by atoms with Crippen LogP contribution in [0, 0.1) is 38.0 Å². The predicted molar refractivity (Wildman–Crippen MR) is 176 cm³/mol. The molecule has 264 valence electrons. The molecular weight excluding hydrogens is 674 g/mol. The number of ether oxygens (including phenoxy) is 2. The topological polar surface area (TPSA) is 212 Å². The maximum Gasteiger partial charge on any atom is 0.410 e. The lowest BCUT2D eigenvalue weighted by atomic mass is 9.79. The number of carbonyl (C=O) groups is 4. The monoisotopic (exact) mass is 709 g/mol. The van der Waals surface area contributed by atoms with Crippen LogP contribution in [0.15, 0.2) is 59.1 Å². The number of nitro groups is 2. The van der Waals surface area contributed by atoms with E-state index in [-0.39, 0.29) is 72.3 Å². The number of amides is 3. The van der Waals surface area contributed by atoms with Gasteiger partial charge in [-0.15, -0.1) is 11.8 Å². The van der Waals surface area contributed by atoms with Crippen molar-refractivity contribution in [2.75, 3.05) is 13.1 Å². The van der Waals surface area contributed by atoms with E-state index in [0.717, 1.165) is 0 Å². The molecular formula is C33H35N5O11S. The van der Waals surface area contributed by atoms with E-state index in [9.17, 15) is 44.5 Å². The highest BCUT2D eigenvalue weighted by Crippen LogP contribution is 2.53. The predicted octanol–water partition coefficient (Wildman–Crippen LogP) is 3.26. The van der Waals surface area contributed by atoms with Crippen LogP contribution in [0.3, 0.4) is 0 Å². The van der Waals surface area contributed by atoms with Gasteiger partial charge in [-0.25, -0.2) is 9.59 Å². The molecule has 1 unspecified atom stereocenters. The Morgan fingerprint density at radius 2 is 1.58 bits per heavy atom. The highest BCUT2D eigenvalue weighted by molar-refractivity contribution is 8.03. The number of aliphatic hydroxyl groups excluding tert-OH is 1. The van der Waals surface area contributed by atoms with Crippen molar-refractivity contribution in [3.05, 3.63) is 90.5 Å². The number of esters is 1. The molecule has 3 amide bonds. The van der Waals surface area contributed by atoms with Crippen LogP contribution in [0.4, 0.5) is 16.2 Å². The SMILES string of the molecule is C[C@@H](O)[C@H]1C(=O)N2C(C(=O)OCc3ccc([N+](=O)[O-])cc3)=C(S[C@H]3C[C@@H](C4CNC(=O)C4)N(C(=O)OCc4ccc([N+](=O)[O-])cc4)C3)[C@H](C)[C@H]12. The Balaban J connectivity index is 1.21. The van der Waals surface area contributed by atoms with Crippen LogP contribution in [-0.4, -0.2) is 85.2 Å². The highest BCUT2D eigenvalue weighted by atomic mass is 32.2. The maximum absolute atomic E-state index is 13.7. The molecule has 0 aliphatic carbocycles. The number of non-ortho nitro benzene ring substituents is 2. The molecule has 3 fully saturated rings. The molecule has 0 saturated carbocycles. The number of fused-ring (bicyclic) bond motifs is 1. The Hall–Kier alpha value is -5.03. The molecule has 4 heterocycles. The van der Waals surface area contributed by atoms with E-state index in [2.05, 4.69) is 5.32 Å². The van der Waals surface area contributed by atoms with Gasteiger partial charge in [0, 0.05) is 71.8 Å². The number of likely N-dealkylation sites (tertiary alicyclic amines) is 1. The summed E-state index contributed by atoms with van der Waals surface area (Å²) >= 11 is 1.36. The number of hydrogen-bond acceptors (Lipinski definition) is 12. The number of β-lactam (4-membered cyclic amide) rings is 1. The Morgan fingerprint density at radius 1 is 1.00 bits per heavy atom. The zero-order chi connectivity index (χ0) is 35.9. The van der Waals surface area contributed by atoms with Gasteiger partial charge < -0.3 is 29.7 Å². The van der Waals surface area contributed by atoms with Gasteiger partial charge in [-0.3, -0.25) is 29.8 Å². The number of nitrogens with one attached hydrogen (secondary N) is 1. The zero-order valence-electron chi connectivity index (χ0n) is 27.1. The molecule has 50 heavy (non-hydrogen) atoms. The molecule has 6 rings (SSSR count). The first-order valence-electron chi connectivity index (χ1n) is 16.1. The van der Waals surface area contributed by atoms with Crippen LogP contribution in [0.2, 0.25) is 0 Å². The Labute approximate surface area is 290 Å². The fourth-order valence-corrected chi connectivity index (χ4v) is 8.72. The molecule has 0 radical (unpaired) electrons. The van der Waals surface area contributed by atoms with Gasteiger partial charge in [0.1, 0.15) is 18.9 Å². The van der Waals surface area contributed by atoms with Crippen molar-refractivity contribution in [1.29, 1.82) is 0 Å².